The van der Waals surface area contributed by atoms with Crippen molar-refractivity contribution in [3.8, 4) is 0 Å². The van der Waals surface area contributed by atoms with Gasteiger partial charge < -0.3 is 9.31 Å². The van der Waals surface area contributed by atoms with Crippen molar-refractivity contribution in [2.75, 3.05) is 0 Å². The van der Waals surface area contributed by atoms with Crippen molar-refractivity contribution in [3.63, 3.8) is 0 Å². The highest BCUT2D eigenvalue weighted by molar-refractivity contribution is 9.10. The van der Waals surface area contributed by atoms with Crippen molar-refractivity contribution in [1.29, 1.82) is 0 Å². The van der Waals surface area contributed by atoms with Crippen LogP contribution in [0.15, 0.2) is 22.7 Å². The molecule has 0 aliphatic heterocycles. The molecule has 0 radical (unpaired) electrons. The summed E-state index contributed by atoms with van der Waals surface area (Å²) >= 11 is 3.44. The molecule has 22 atom stereocenters. The molecule has 2 nitrogen and oxygen atoms in total. The normalized spacial score (nSPS) is 111. The van der Waals surface area contributed by atoms with Crippen molar-refractivity contribution >= 4 is 28.5 Å². The number of rotatable bonds is 5. The van der Waals surface area contributed by atoms with E-state index in [1.54, 1.807) is 12.8 Å². The molecular weight excluding hydrogens is 502 g/mol. The van der Waals surface area contributed by atoms with Crippen LogP contribution >= 0.6 is 15.9 Å². The van der Waals surface area contributed by atoms with Crippen molar-refractivity contribution < 1.29 is 13.7 Å². The Balaban J connectivity index is 0.683. The average molecular weight is 515 g/mol. The molecule has 0 heterocycles. The van der Waals surface area contributed by atoms with Crippen LogP contribution in [0.25, 0.3) is 0 Å². The second-order valence-electron chi connectivity index (χ2n) is 18.5. The lowest BCUT2D eigenvalue weighted by molar-refractivity contribution is 0.106. The van der Waals surface area contributed by atoms with Crippen molar-refractivity contribution in [3.05, 3.63) is 28.5 Å². The molecule has 20 fully saturated rings. The van der Waals surface area contributed by atoms with Crippen LogP contribution in [0.1, 0.15) is 12.8 Å². The first-order valence-corrected chi connectivity index (χ1v) is 15.7. The fourth-order valence-electron chi connectivity index (χ4n) is 24.7. The van der Waals surface area contributed by atoms with Crippen LogP contribution in [0.4, 0.5) is 4.39 Å². The molecule has 21 rings (SSSR count). The van der Waals surface area contributed by atoms with Gasteiger partial charge in [0, 0.05) is 49.8 Å². The zero-order chi connectivity index (χ0) is 20.7. The van der Waals surface area contributed by atoms with Crippen LogP contribution in [-0.2, 0) is 9.31 Å². The first-order chi connectivity index (χ1) is 17.2. The Hall–Kier alpha value is -0.385. The number of benzene rings is 1. The number of hydrogen-bond donors (Lipinski definition) is 0. The summed E-state index contributed by atoms with van der Waals surface area (Å²) in [5.41, 5.74) is 14.7. The van der Waals surface area contributed by atoms with Gasteiger partial charge in [0.25, 0.3) is 0 Å². The van der Waals surface area contributed by atoms with E-state index in [4.69, 9.17) is 9.31 Å². The molecule has 0 saturated heterocycles. The Bertz CT molecular complexity index is 1960. The first-order valence-electron chi connectivity index (χ1n) is 14.9. The highest BCUT2D eigenvalue weighted by Crippen LogP contribution is 3.76. The van der Waals surface area contributed by atoms with Crippen LogP contribution in [0.3, 0.4) is 0 Å². The van der Waals surface area contributed by atoms with Crippen LogP contribution in [-0.4, -0.2) is 19.3 Å². The quantitative estimate of drug-likeness (QED) is 0.562. The van der Waals surface area contributed by atoms with Crippen molar-refractivity contribution in [1.82, 2.24) is 0 Å². The van der Waals surface area contributed by atoms with Gasteiger partial charge >= 0.3 is 7.12 Å². The molecule has 1 aromatic carbocycles. The van der Waals surface area contributed by atoms with Crippen LogP contribution in [0.5, 0.6) is 0 Å². The molecule has 1 aromatic rings. The molecule has 20 saturated carbocycles. The molecule has 20 aliphatic rings. The summed E-state index contributed by atoms with van der Waals surface area (Å²) in [6.45, 7) is 0. The minimum Gasteiger partial charge on any atom is -0.403 e. The third-order valence-electron chi connectivity index (χ3n) is 22.5. The van der Waals surface area contributed by atoms with Gasteiger partial charge in [0.15, 0.2) is 0 Å². The molecule has 22 unspecified atom stereocenters. The van der Waals surface area contributed by atoms with Crippen molar-refractivity contribution in [2.45, 2.75) is 25.0 Å². The standard InChI is InChI=1S/C30H13BBrFO2/c32-7-3-1-2-6(10(7)33)31(34-13-11-17(13)21(11)25(17)27-19-8-4-15(8,19)23(19,27)29(21,25)27)35-14-12-18(14)22(12)26(18)28-20-9-5-16(9,20)24(20,28)30(22,26)28/h1-3,8-9,11-14H,4-5H2. The Labute approximate surface area is 205 Å². The SMILES string of the molecule is Fc1c(Br)cccc1B(OC1C2C13C21C32C34C56C7CC75C63C124)OC1C2C13C21C32C34C56C7CC75C63C124. The molecule has 20 aliphatic carbocycles. The summed E-state index contributed by atoms with van der Waals surface area (Å²) in [5, 5.41) is 0. The van der Waals surface area contributed by atoms with E-state index in [0.29, 0.717) is 33.0 Å². The van der Waals surface area contributed by atoms with E-state index in [1.807, 2.05) is 18.2 Å². The lowest BCUT2D eigenvalue weighted by Crippen LogP contribution is -2.43. The van der Waals surface area contributed by atoms with Crippen molar-refractivity contribution in [2.24, 2.45) is 110 Å². The molecule has 0 N–H and O–H groups in total. The average Bonchev–Trinajstić information content (AvgIpc) is 3.45. The third-order valence-corrected chi connectivity index (χ3v) is 23.1. The minimum atomic E-state index is -0.469. The van der Waals surface area contributed by atoms with Gasteiger partial charge in [-0.15, -0.1) is 0 Å². The van der Waals surface area contributed by atoms with Gasteiger partial charge in [-0.2, -0.15) is 0 Å². The van der Waals surface area contributed by atoms with Gasteiger partial charge in [-0.25, -0.2) is 4.39 Å². The van der Waals surface area contributed by atoms with E-state index in [-0.39, 0.29) is 5.82 Å². The maximum absolute atomic E-state index is 15.3. The molecular formula is C30H13BBrFO2. The molecule has 16 spiro atoms. The smallest absolute Gasteiger partial charge is 0.403 e. The second-order valence-corrected chi connectivity index (χ2v) is 19.3. The van der Waals surface area contributed by atoms with Gasteiger partial charge in [0.1, 0.15) is 5.82 Å². The van der Waals surface area contributed by atoms with Crippen LogP contribution < -0.4 is 5.46 Å². The van der Waals surface area contributed by atoms with Gasteiger partial charge in [-0.1, -0.05) is 12.1 Å². The molecule has 5 heteroatoms. The predicted octanol–water partition coefficient (Wildman–Crippen LogP) is 2.35. The molecule has 0 aromatic heterocycles. The Morgan fingerprint density at radius 2 is 1.29 bits per heavy atom. The Morgan fingerprint density at radius 3 is 1.80 bits per heavy atom. The molecule has 162 valence electrons. The summed E-state index contributed by atoms with van der Waals surface area (Å²) in [7, 11) is -0.469. The number of hydrogen-bond acceptors (Lipinski definition) is 2. The lowest BCUT2D eigenvalue weighted by Gasteiger charge is -2.24. The van der Waals surface area contributed by atoms with E-state index in [0.717, 1.165) is 87.6 Å². The van der Waals surface area contributed by atoms with Gasteiger partial charge in [-0.3, -0.25) is 0 Å². The highest BCUT2D eigenvalue weighted by atomic mass is 79.9. The second kappa shape index (κ2) is 2.03. The molecule has 0 amide bonds. The van der Waals surface area contributed by atoms with Gasteiger partial charge in [0.2, 0.25) is 0 Å². The van der Waals surface area contributed by atoms with Gasteiger partial charge in [0.05, 0.1) is 16.7 Å². The Morgan fingerprint density at radius 1 is 0.743 bits per heavy atom. The topological polar surface area (TPSA) is 18.5 Å². The predicted molar refractivity (Wildman–Crippen MR) is 111 cm³/mol. The number of halogens is 2. The monoisotopic (exact) mass is 514 g/mol. The minimum absolute atomic E-state index is 0.157. The first kappa shape index (κ1) is 13.1. The van der Waals surface area contributed by atoms with Gasteiger partial charge in [-0.05, 0) is 101 Å². The summed E-state index contributed by atoms with van der Waals surface area (Å²) in [6, 6.07) is 5.72. The lowest BCUT2D eigenvalue weighted by atomic mass is 9.77. The Kier molecular flexibility index (Phi) is 0.762. The summed E-state index contributed by atoms with van der Waals surface area (Å²) < 4.78 is 29.7. The maximum Gasteiger partial charge on any atom is 0.497 e. The summed E-state index contributed by atoms with van der Waals surface area (Å²) in [4.78, 5) is 0. The highest BCUT2D eigenvalue weighted by Gasteiger charge is 3.76. The van der Waals surface area contributed by atoms with E-state index >= 15 is 4.39 Å². The fraction of sp³-hybridized carbons (Fsp3) is 0.800. The zero-order valence-electron chi connectivity index (χ0n) is 18.3. The third kappa shape index (κ3) is 0.379. The maximum atomic E-state index is 15.3. The zero-order valence-corrected chi connectivity index (χ0v) is 19.8. The summed E-state index contributed by atoms with van der Waals surface area (Å²) in [5.74, 6) is 3.97. The van der Waals surface area contributed by atoms with E-state index in [1.165, 1.54) is 11.8 Å². The van der Waals surface area contributed by atoms with Crippen LogP contribution in [0.2, 0.25) is 0 Å². The van der Waals surface area contributed by atoms with E-state index in [2.05, 4.69) is 15.9 Å². The largest absolute Gasteiger partial charge is 0.497 e. The molecule has 35 heavy (non-hydrogen) atoms. The fourth-order valence-corrected chi connectivity index (χ4v) is 25.0. The summed E-state index contributed by atoms with van der Waals surface area (Å²) in [6.07, 6.45) is 4.06. The van der Waals surface area contributed by atoms with E-state index in [9.17, 15) is 0 Å². The van der Waals surface area contributed by atoms with E-state index < -0.39 is 7.12 Å². The molecule has 0 bridgehead atoms. The van der Waals surface area contributed by atoms with Crippen LogP contribution in [0, 0.1) is 116 Å².